The molecule has 1 saturated heterocycles. The van der Waals surface area contributed by atoms with Crippen LogP contribution in [0.1, 0.15) is 33.6 Å². The summed E-state index contributed by atoms with van der Waals surface area (Å²) in [6, 6.07) is 5.26. The molecule has 25 heavy (non-hydrogen) atoms. The van der Waals surface area contributed by atoms with E-state index in [1.807, 2.05) is 4.90 Å². The largest absolute Gasteiger partial charge is 0.486 e. The van der Waals surface area contributed by atoms with Gasteiger partial charge in [-0.3, -0.25) is 9.59 Å². The van der Waals surface area contributed by atoms with Crippen LogP contribution in [0, 0.1) is 11.3 Å². The molecule has 2 amide bonds. The highest BCUT2D eigenvalue weighted by atomic mass is 16.6. The van der Waals surface area contributed by atoms with Crippen molar-refractivity contribution in [1.82, 2.24) is 4.90 Å². The van der Waals surface area contributed by atoms with Crippen molar-refractivity contribution in [2.45, 2.75) is 33.6 Å². The highest BCUT2D eigenvalue weighted by Crippen LogP contribution is 2.33. The summed E-state index contributed by atoms with van der Waals surface area (Å²) in [7, 11) is 0. The molecule has 1 unspecified atom stereocenters. The predicted octanol–water partition coefficient (Wildman–Crippen LogP) is 2.68. The fourth-order valence-corrected chi connectivity index (χ4v) is 3.27. The van der Waals surface area contributed by atoms with E-state index in [9.17, 15) is 9.59 Å². The molecule has 1 aromatic carbocycles. The molecule has 0 aliphatic carbocycles. The first-order chi connectivity index (χ1) is 11.9. The van der Waals surface area contributed by atoms with Crippen LogP contribution in [-0.2, 0) is 9.59 Å². The second kappa shape index (κ2) is 6.94. The molecule has 3 rings (SSSR count). The summed E-state index contributed by atoms with van der Waals surface area (Å²) < 4.78 is 11.0. The summed E-state index contributed by atoms with van der Waals surface area (Å²) in [5, 5.41) is 2.84. The molecule has 0 saturated carbocycles. The molecule has 0 aromatic heterocycles. The minimum atomic E-state index is -1.12. The van der Waals surface area contributed by atoms with Gasteiger partial charge in [0.15, 0.2) is 11.5 Å². The first kappa shape index (κ1) is 17.6. The van der Waals surface area contributed by atoms with Crippen molar-refractivity contribution >= 4 is 17.5 Å². The lowest BCUT2D eigenvalue weighted by atomic mass is 9.88. The zero-order valence-electron chi connectivity index (χ0n) is 15.1. The third kappa shape index (κ3) is 3.72. The van der Waals surface area contributed by atoms with Crippen molar-refractivity contribution in [3.05, 3.63) is 18.2 Å². The Bertz CT molecular complexity index is 671. The van der Waals surface area contributed by atoms with E-state index in [2.05, 4.69) is 12.2 Å². The Balaban J connectivity index is 1.69. The lowest BCUT2D eigenvalue weighted by Crippen LogP contribution is -2.50. The van der Waals surface area contributed by atoms with Gasteiger partial charge in [0.05, 0.1) is 0 Å². The molecule has 1 atom stereocenters. The summed E-state index contributed by atoms with van der Waals surface area (Å²) in [6.07, 6.45) is 2.13. The van der Waals surface area contributed by atoms with Gasteiger partial charge in [-0.1, -0.05) is 6.92 Å². The number of amides is 2. The summed E-state index contributed by atoms with van der Waals surface area (Å²) in [6.45, 7) is 7.96. The van der Waals surface area contributed by atoms with Crippen LogP contribution in [-0.4, -0.2) is 43.0 Å². The number of hydrogen-bond donors (Lipinski definition) is 1. The van der Waals surface area contributed by atoms with Gasteiger partial charge in [-0.25, -0.2) is 0 Å². The normalized spacial score (nSPS) is 20.1. The van der Waals surface area contributed by atoms with Gasteiger partial charge in [0, 0.05) is 24.8 Å². The van der Waals surface area contributed by atoms with E-state index < -0.39 is 5.41 Å². The maximum Gasteiger partial charge on any atom is 0.239 e. The summed E-state index contributed by atoms with van der Waals surface area (Å²) >= 11 is 0. The maximum absolute atomic E-state index is 12.9. The fourth-order valence-electron chi connectivity index (χ4n) is 3.27. The van der Waals surface area contributed by atoms with Crippen LogP contribution < -0.4 is 14.8 Å². The SMILES string of the molecule is CC1CCCN(C(=O)C(C)(C)C(=O)Nc2ccc3c(c2)OCCO3)C1. The van der Waals surface area contributed by atoms with Gasteiger partial charge in [0.1, 0.15) is 18.6 Å². The number of nitrogens with zero attached hydrogens (tertiary/aromatic N) is 1. The Morgan fingerprint density at radius 3 is 2.64 bits per heavy atom. The van der Waals surface area contributed by atoms with E-state index in [1.54, 1.807) is 32.0 Å². The Hall–Kier alpha value is -2.24. The van der Waals surface area contributed by atoms with Gasteiger partial charge < -0.3 is 19.7 Å². The second-order valence-electron chi connectivity index (χ2n) is 7.44. The van der Waals surface area contributed by atoms with Crippen molar-refractivity contribution in [3.63, 3.8) is 0 Å². The number of hydrogen-bond acceptors (Lipinski definition) is 4. The molecule has 136 valence electrons. The summed E-state index contributed by atoms with van der Waals surface area (Å²) in [5.74, 6) is 1.33. The zero-order valence-corrected chi connectivity index (χ0v) is 15.1. The van der Waals surface area contributed by atoms with Crippen molar-refractivity contribution in [3.8, 4) is 11.5 Å². The van der Waals surface area contributed by atoms with Gasteiger partial charge >= 0.3 is 0 Å². The van der Waals surface area contributed by atoms with Gasteiger partial charge in [-0.2, -0.15) is 0 Å². The van der Waals surface area contributed by atoms with Crippen molar-refractivity contribution in [2.24, 2.45) is 11.3 Å². The monoisotopic (exact) mass is 346 g/mol. The molecule has 1 aromatic rings. The van der Waals surface area contributed by atoms with Crippen LogP contribution in [0.15, 0.2) is 18.2 Å². The van der Waals surface area contributed by atoms with Crippen LogP contribution >= 0.6 is 0 Å². The highest BCUT2D eigenvalue weighted by molar-refractivity contribution is 6.09. The maximum atomic E-state index is 12.9. The van der Waals surface area contributed by atoms with E-state index in [0.29, 0.717) is 36.3 Å². The number of fused-ring (bicyclic) bond motifs is 1. The first-order valence-corrected chi connectivity index (χ1v) is 8.88. The number of ether oxygens (including phenoxy) is 2. The van der Waals surface area contributed by atoms with Crippen molar-refractivity contribution < 1.29 is 19.1 Å². The topological polar surface area (TPSA) is 67.9 Å². The quantitative estimate of drug-likeness (QED) is 0.855. The van der Waals surface area contributed by atoms with E-state index >= 15 is 0 Å². The summed E-state index contributed by atoms with van der Waals surface area (Å²) in [4.78, 5) is 27.4. The average molecular weight is 346 g/mol. The minimum absolute atomic E-state index is 0.117. The van der Waals surface area contributed by atoms with Crippen LogP contribution in [0.25, 0.3) is 0 Å². The van der Waals surface area contributed by atoms with Crippen LogP contribution in [0.5, 0.6) is 11.5 Å². The van der Waals surface area contributed by atoms with Gasteiger partial charge in [-0.15, -0.1) is 0 Å². The summed E-state index contributed by atoms with van der Waals surface area (Å²) in [5.41, 5.74) is -0.522. The number of anilines is 1. The number of carbonyl (C=O) groups is 2. The average Bonchev–Trinajstić information content (AvgIpc) is 2.61. The molecular weight excluding hydrogens is 320 g/mol. The third-order valence-electron chi connectivity index (χ3n) is 4.85. The molecule has 2 aliphatic rings. The van der Waals surface area contributed by atoms with Crippen molar-refractivity contribution in [2.75, 3.05) is 31.6 Å². The molecule has 0 bridgehead atoms. The number of carbonyl (C=O) groups excluding carboxylic acids is 2. The Morgan fingerprint density at radius 1 is 1.20 bits per heavy atom. The van der Waals surface area contributed by atoms with E-state index in [-0.39, 0.29) is 11.8 Å². The number of piperidine rings is 1. The van der Waals surface area contributed by atoms with Crippen LogP contribution in [0.2, 0.25) is 0 Å². The smallest absolute Gasteiger partial charge is 0.239 e. The highest BCUT2D eigenvalue weighted by Gasteiger charge is 2.40. The van der Waals surface area contributed by atoms with Crippen LogP contribution in [0.4, 0.5) is 5.69 Å². The number of likely N-dealkylation sites (tertiary alicyclic amines) is 1. The Labute approximate surface area is 148 Å². The number of benzene rings is 1. The van der Waals surface area contributed by atoms with E-state index in [1.165, 1.54) is 0 Å². The van der Waals surface area contributed by atoms with Gasteiger partial charge in [0.2, 0.25) is 11.8 Å². The Kier molecular flexibility index (Phi) is 4.88. The standard InChI is InChI=1S/C19H26N2O4/c1-13-5-4-8-21(12-13)18(23)19(2,3)17(22)20-14-6-7-15-16(11-14)25-10-9-24-15/h6-7,11,13H,4-5,8-10,12H2,1-3H3,(H,20,22). The molecule has 1 fully saturated rings. The fraction of sp³-hybridized carbons (Fsp3) is 0.579. The molecule has 2 heterocycles. The third-order valence-corrected chi connectivity index (χ3v) is 4.85. The Morgan fingerprint density at radius 2 is 1.92 bits per heavy atom. The molecule has 0 radical (unpaired) electrons. The zero-order chi connectivity index (χ0) is 18.0. The molecule has 6 nitrogen and oxygen atoms in total. The van der Waals surface area contributed by atoms with E-state index in [0.717, 1.165) is 25.9 Å². The van der Waals surface area contributed by atoms with Gasteiger partial charge in [-0.05, 0) is 44.7 Å². The van der Waals surface area contributed by atoms with E-state index in [4.69, 9.17) is 9.47 Å². The van der Waals surface area contributed by atoms with Gasteiger partial charge in [0.25, 0.3) is 0 Å². The lowest BCUT2D eigenvalue weighted by Gasteiger charge is -2.36. The van der Waals surface area contributed by atoms with Crippen LogP contribution in [0.3, 0.4) is 0 Å². The molecule has 2 aliphatic heterocycles. The lowest BCUT2D eigenvalue weighted by molar-refractivity contribution is -0.147. The molecule has 6 heteroatoms. The first-order valence-electron chi connectivity index (χ1n) is 8.88. The molecular formula is C19H26N2O4. The number of rotatable bonds is 3. The second-order valence-corrected chi connectivity index (χ2v) is 7.44. The molecule has 1 N–H and O–H groups in total. The number of nitrogens with one attached hydrogen (secondary N) is 1. The van der Waals surface area contributed by atoms with Crippen molar-refractivity contribution in [1.29, 1.82) is 0 Å². The predicted molar refractivity (Wildman–Crippen MR) is 94.8 cm³/mol. The molecule has 0 spiro atoms. The minimum Gasteiger partial charge on any atom is -0.486 e.